The number of nitrogens with zero attached hydrogens (tertiary/aromatic N) is 2. The molecule has 1 heterocycles. The Bertz CT molecular complexity index is 1290. The maximum absolute atomic E-state index is 12.8. The van der Waals surface area contributed by atoms with Gasteiger partial charge in [0.25, 0.3) is 5.91 Å². The Morgan fingerprint density at radius 2 is 1.64 bits per heavy atom. The van der Waals surface area contributed by atoms with E-state index >= 15 is 0 Å². The number of likely N-dealkylation sites (tertiary alicyclic amines) is 1. The van der Waals surface area contributed by atoms with E-state index in [1.165, 1.54) is 35.4 Å². The number of carbonyl (C=O) groups is 1. The molecule has 1 saturated heterocycles. The van der Waals surface area contributed by atoms with E-state index in [0.29, 0.717) is 22.8 Å². The lowest BCUT2D eigenvalue weighted by molar-refractivity contribution is 0.0950. The van der Waals surface area contributed by atoms with E-state index in [1.807, 2.05) is 12.1 Å². The molecule has 190 valence electrons. The fourth-order valence-corrected chi connectivity index (χ4v) is 5.54. The number of anilines is 1. The number of rotatable bonds is 9. The van der Waals surface area contributed by atoms with E-state index in [-0.39, 0.29) is 12.5 Å². The molecule has 0 aliphatic carbocycles. The minimum Gasteiger partial charge on any atom is -0.348 e. The van der Waals surface area contributed by atoms with Gasteiger partial charge in [-0.2, -0.15) is 0 Å². The van der Waals surface area contributed by atoms with E-state index in [1.54, 1.807) is 48.5 Å². The summed E-state index contributed by atoms with van der Waals surface area (Å²) in [7, 11) is -3.52. The molecule has 0 radical (unpaired) electrons. The molecule has 1 N–H and O–H groups in total. The number of halogens is 1. The smallest absolute Gasteiger partial charge is 0.251 e. The second-order valence-corrected chi connectivity index (χ2v) is 11.6. The van der Waals surface area contributed by atoms with Crippen LogP contribution in [-0.2, 0) is 29.7 Å². The monoisotopic (exact) mass is 525 g/mol. The van der Waals surface area contributed by atoms with E-state index in [2.05, 4.69) is 22.3 Å². The normalized spacial score (nSPS) is 14.4. The van der Waals surface area contributed by atoms with Crippen LogP contribution >= 0.6 is 11.6 Å². The average Bonchev–Trinajstić information content (AvgIpc) is 2.87. The maximum atomic E-state index is 12.8. The van der Waals surface area contributed by atoms with E-state index in [0.717, 1.165) is 30.8 Å². The van der Waals surface area contributed by atoms with Gasteiger partial charge in [0.05, 0.1) is 18.5 Å². The van der Waals surface area contributed by atoms with Gasteiger partial charge in [-0.05, 0) is 73.0 Å². The Hall–Kier alpha value is -2.87. The lowest BCUT2D eigenvalue weighted by Crippen LogP contribution is -2.30. The summed E-state index contributed by atoms with van der Waals surface area (Å²) in [6.07, 6.45) is 4.96. The SMILES string of the molecule is CS(=O)(=O)N(Cc1ccc(C(=O)NCc2ccccc2CN2CCCCC2)cc1)c1cccc(Cl)c1. The second kappa shape index (κ2) is 11.9. The second-order valence-electron chi connectivity index (χ2n) is 9.23. The zero-order chi connectivity index (χ0) is 25.5. The largest absolute Gasteiger partial charge is 0.348 e. The van der Waals surface area contributed by atoms with Crippen LogP contribution < -0.4 is 9.62 Å². The summed E-state index contributed by atoms with van der Waals surface area (Å²) in [4.78, 5) is 15.3. The molecular formula is C28H32ClN3O3S. The molecule has 1 aliphatic heterocycles. The molecule has 1 aliphatic rings. The zero-order valence-electron chi connectivity index (χ0n) is 20.5. The standard InChI is InChI=1S/C28H32ClN3O3S/c1-36(34,35)32(27-11-7-10-26(29)18-27)20-22-12-14-23(15-13-22)28(33)30-19-24-8-3-4-9-25(24)21-31-16-5-2-6-17-31/h3-4,7-15,18H,2,5-6,16-17,19-21H2,1H3,(H,30,33). The van der Waals surface area contributed by atoms with E-state index < -0.39 is 10.0 Å². The first-order valence-electron chi connectivity index (χ1n) is 12.2. The number of hydrogen-bond donors (Lipinski definition) is 1. The average molecular weight is 526 g/mol. The number of nitrogens with one attached hydrogen (secondary N) is 1. The van der Waals surface area contributed by atoms with Gasteiger partial charge in [-0.15, -0.1) is 0 Å². The summed E-state index contributed by atoms with van der Waals surface area (Å²) >= 11 is 6.06. The van der Waals surface area contributed by atoms with Crippen molar-refractivity contribution >= 4 is 33.2 Å². The van der Waals surface area contributed by atoms with Crippen LogP contribution in [0.1, 0.15) is 46.3 Å². The van der Waals surface area contributed by atoms with Crippen molar-refractivity contribution < 1.29 is 13.2 Å². The van der Waals surface area contributed by atoms with Gasteiger partial charge in [0, 0.05) is 23.7 Å². The number of sulfonamides is 1. The van der Waals surface area contributed by atoms with Gasteiger partial charge >= 0.3 is 0 Å². The summed E-state index contributed by atoms with van der Waals surface area (Å²) in [6, 6.07) is 22.0. The van der Waals surface area contributed by atoms with Gasteiger partial charge in [-0.25, -0.2) is 8.42 Å². The molecule has 1 amide bonds. The van der Waals surface area contributed by atoms with Crippen LogP contribution in [0, 0.1) is 0 Å². The van der Waals surface area contributed by atoms with Gasteiger partial charge in [0.2, 0.25) is 10.0 Å². The molecule has 3 aromatic carbocycles. The maximum Gasteiger partial charge on any atom is 0.251 e. The van der Waals surface area contributed by atoms with Crippen LogP contribution in [0.3, 0.4) is 0 Å². The molecule has 0 spiro atoms. The molecule has 4 rings (SSSR count). The number of piperidine rings is 1. The Labute approximate surface area is 218 Å². The number of hydrogen-bond acceptors (Lipinski definition) is 4. The van der Waals surface area contributed by atoms with Crippen LogP contribution in [0.25, 0.3) is 0 Å². The van der Waals surface area contributed by atoms with Gasteiger partial charge in [-0.3, -0.25) is 14.0 Å². The Kier molecular flexibility index (Phi) is 8.67. The highest BCUT2D eigenvalue weighted by molar-refractivity contribution is 7.92. The lowest BCUT2D eigenvalue weighted by atomic mass is 10.0. The first-order valence-corrected chi connectivity index (χ1v) is 14.4. The van der Waals surface area contributed by atoms with E-state index in [4.69, 9.17) is 11.6 Å². The van der Waals surface area contributed by atoms with Crippen molar-refractivity contribution in [2.75, 3.05) is 23.7 Å². The molecule has 0 aromatic heterocycles. The van der Waals surface area contributed by atoms with Gasteiger partial charge in [0.1, 0.15) is 0 Å². The highest BCUT2D eigenvalue weighted by Crippen LogP contribution is 2.24. The third kappa shape index (κ3) is 7.09. The highest BCUT2D eigenvalue weighted by Gasteiger charge is 2.19. The fraction of sp³-hybridized carbons (Fsp3) is 0.321. The molecule has 3 aromatic rings. The van der Waals surface area contributed by atoms with Gasteiger partial charge < -0.3 is 5.32 Å². The number of benzene rings is 3. The first-order chi connectivity index (χ1) is 17.3. The molecular weight excluding hydrogens is 494 g/mol. The molecule has 0 saturated carbocycles. The predicted molar refractivity (Wildman–Crippen MR) is 146 cm³/mol. The molecule has 0 atom stereocenters. The Morgan fingerprint density at radius 3 is 2.31 bits per heavy atom. The van der Waals surface area contributed by atoms with Gasteiger partial charge in [-0.1, -0.05) is 60.5 Å². The first kappa shape index (κ1) is 26.2. The summed E-state index contributed by atoms with van der Waals surface area (Å²) < 4.78 is 26.1. The third-order valence-electron chi connectivity index (χ3n) is 6.44. The van der Waals surface area contributed by atoms with Crippen molar-refractivity contribution in [3.05, 3.63) is 100 Å². The van der Waals surface area contributed by atoms with E-state index in [9.17, 15) is 13.2 Å². The van der Waals surface area contributed by atoms with Crippen molar-refractivity contribution in [1.29, 1.82) is 0 Å². The van der Waals surface area contributed by atoms with Crippen LogP contribution in [0.4, 0.5) is 5.69 Å². The number of amides is 1. The highest BCUT2D eigenvalue weighted by atomic mass is 35.5. The van der Waals surface area contributed by atoms with Crippen molar-refractivity contribution in [3.8, 4) is 0 Å². The Morgan fingerprint density at radius 1 is 0.944 bits per heavy atom. The molecule has 36 heavy (non-hydrogen) atoms. The van der Waals surface area contributed by atoms with Crippen molar-refractivity contribution in [3.63, 3.8) is 0 Å². The zero-order valence-corrected chi connectivity index (χ0v) is 22.1. The Balaban J connectivity index is 1.39. The lowest BCUT2D eigenvalue weighted by Gasteiger charge is -2.27. The third-order valence-corrected chi connectivity index (χ3v) is 7.81. The molecule has 8 heteroatoms. The minimum atomic E-state index is -3.52. The quantitative estimate of drug-likeness (QED) is 0.415. The van der Waals surface area contributed by atoms with Crippen LogP contribution in [0.15, 0.2) is 72.8 Å². The fourth-order valence-electron chi connectivity index (χ4n) is 4.48. The summed E-state index contributed by atoms with van der Waals surface area (Å²) in [6.45, 7) is 3.76. The van der Waals surface area contributed by atoms with Crippen LogP contribution in [0.2, 0.25) is 5.02 Å². The molecule has 0 bridgehead atoms. The molecule has 0 unspecified atom stereocenters. The number of carbonyl (C=O) groups excluding carboxylic acids is 1. The van der Waals surface area contributed by atoms with Crippen molar-refractivity contribution in [2.24, 2.45) is 0 Å². The van der Waals surface area contributed by atoms with Crippen molar-refractivity contribution in [2.45, 2.75) is 38.9 Å². The van der Waals surface area contributed by atoms with Crippen molar-refractivity contribution in [1.82, 2.24) is 10.2 Å². The molecule has 6 nitrogen and oxygen atoms in total. The summed E-state index contributed by atoms with van der Waals surface area (Å²) in [5.41, 5.74) is 4.16. The van der Waals surface area contributed by atoms with Gasteiger partial charge in [0.15, 0.2) is 0 Å². The van der Waals surface area contributed by atoms with Crippen LogP contribution in [0.5, 0.6) is 0 Å². The summed E-state index contributed by atoms with van der Waals surface area (Å²) in [5.74, 6) is -0.163. The minimum absolute atomic E-state index is 0.144. The summed E-state index contributed by atoms with van der Waals surface area (Å²) in [5, 5.41) is 3.49. The molecule has 1 fully saturated rings. The van der Waals surface area contributed by atoms with Crippen LogP contribution in [-0.4, -0.2) is 38.6 Å². The predicted octanol–water partition coefficient (Wildman–Crippen LogP) is 5.22. The topological polar surface area (TPSA) is 69.7 Å².